The van der Waals surface area contributed by atoms with Crippen molar-refractivity contribution in [2.75, 3.05) is 13.2 Å². The van der Waals surface area contributed by atoms with Crippen molar-refractivity contribution in [3.8, 4) is 0 Å². The van der Waals surface area contributed by atoms with Crippen LogP contribution >= 0.6 is 0 Å². The molecule has 1 aromatic rings. The smallest absolute Gasteiger partial charge is 0.150 e. The van der Waals surface area contributed by atoms with E-state index in [4.69, 9.17) is 4.74 Å². The number of carbonyl (C=O) groups excluding carboxylic acids is 1. The first kappa shape index (κ1) is 17.8. The van der Waals surface area contributed by atoms with Gasteiger partial charge in [0.2, 0.25) is 0 Å². The van der Waals surface area contributed by atoms with Crippen LogP contribution in [0.4, 0.5) is 0 Å². The van der Waals surface area contributed by atoms with Crippen molar-refractivity contribution < 1.29 is 9.53 Å². The molecule has 0 spiro atoms. The Morgan fingerprint density at radius 3 is 1.79 bits per heavy atom. The van der Waals surface area contributed by atoms with E-state index in [0.29, 0.717) is 0 Å². The Kier molecular flexibility index (Phi) is 14.0. The highest BCUT2D eigenvalue weighted by molar-refractivity contribution is 5.74. The summed E-state index contributed by atoms with van der Waals surface area (Å²) in [7, 11) is 0. The van der Waals surface area contributed by atoms with Gasteiger partial charge in [0, 0.05) is 18.8 Å². The minimum absolute atomic E-state index is 0.729. The van der Waals surface area contributed by atoms with E-state index in [1.54, 1.807) is 12.1 Å². The number of aldehydes is 1. The number of unbranched alkanes of at least 4 members (excludes halogenated alkanes) is 4. The maximum absolute atomic E-state index is 10.0. The van der Waals surface area contributed by atoms with Gasteiger partial charge in [-0.2, -0.15) is 0 Å². The molecule has 108 valence electrons. The third kappa shape index (κ3) is 13.1. The molecule has 0 unspecified atom stereocenters. The highest BCUT2D eigenvalue weighted by atomic mass is 16.5. The van der Waals surface area contributed by atoms with Gasteiger partial charge < -0.3 is 4.74 Å². The van der Waals surface area contributed by atoms with Gasteiger partial charge in [-0.15, -0.1) is 0 Å². The van der Waals surface area contributed by atoms with E-state index in [2.05, 4.69) is 13.8 Å². The summed E-state index contributed by atoms with van der Waals surface area (Å²) in [5.41, 5.74) is 0.729. The number of hydrogen-bond acceptors (Lipinski definition) is 2. The molecule has 0 radical (unpaired) electrons. The molecule has 1 rings (SSSR count). The molecule has 2 heteroatoms. The number of rotatable bonds is 9. The van der Waals surface area contributed by atoms with Crippen molar-refractivity contribution in [2.24, 2.45) is 0 Å². The Labute approximate surface area is 118 Å². The van der Waals surface area contributed by atoms with Gasteiger partial charge >= 0.3 is 0 Å². The summed E-state index contributed by atoms with van der Waals surface area (Å²) in [6.45, 7) is 6.38. The monoisotopic (exact) mass is 264 g/mol. The molecule has 0 aliphatic rings. The Hall–Kier alpha value is -1.15. The van der Waals surface area contributed by atoms with Crippen molar-refractivity contribution >= 4 is 6.29 Å². The molecule has 0 heterocycles. The second-order valence-corrected chi connectivity index (χ2v) is 4.56. The van der Waals surface area contributed by atoms with Gasteiger partial charge in [0.1, 0.15) is 6.29 Å². The van der Waals surface area contributed by atoms with E-state index >= 15 is 0 Å². The van der Waals surface area contributed by atoms with E-state index in [-0.39, 0.29) is 0 Å². The lowest BCUT2D eigenvalue weighted by Gasteiger charge is -2.01. The predicted molar refractivity (Wildman–Crippen MR) is 81.7 cm³/mol. The first-order valence-corrected chi connectivity index (χ1v) is 7.43. The van der Waals surface area contributed by atoms with Gasteiger partial charge in [0.15, 0.2) is 0 Å². The van der Waals surface area contributed by atoms with Gasteiger partial charge in [0.25, 0.3) is 0 Å². The Balaban J connectivity index is 0.000000356. The summed E-state index contributed by atoms with van der Waals surface area (Å²) in [5, 5.41) is 0. The average Bonchev–Trinajstić information content (AvgIpc) is 2.48. The van der Waals surface area contributed by atoms with Crippen LogP contribution in [0.15, 0.2) is 30.3 Å². The molecule has 0 aliphatic carbocycles. The molecule has 0 aromatic heterocycles. The normalized spacial score (nSPS) is 9.58. The van der Waals surface area contributed by atoms with Crippen molar-refractivity contribution in [3.05, 3.63) is 35.9 Å². The van der Waals surface area contributed by atoms with Crippen LogP contribution in [0.5, 0.6) is 0 Å². The van der Waals surface area contributed by atoms with Crippen molar-refractivity contribution in [1.82, 2.24) is 0 Å². The Morgan fingerprint density at radius 1 is 0.895 bits per heavy atom. The van der Waals surface area contributed by atoms with Gasteiger partial charge in [-0.05, 0) is 12.8 Å². The lowest BCUT2D eigenvalue weighted by Crippen LogP contribution is -1.96. The molecular formula is C17H28O2. The van der Waals surface area contributed by atoms with Crippen LogP contribution in [0.3, 0.4) is 0 Å². The van der Waals surface area contributed by atoms with Gasteiger partial charge in [-0.1, -0.05) is 69.9 Å². The van der Waals surface area contributed by atoms with E-state index in [1.807, 2.05) is 18.2 Å². The van der Waals surface area contributed by atoms with Crippen LogP contribution in [0.1, 0.15) is 62.7 Å². The third-order valence-corrected chi connectivity index (χ3v) is 2.72. The number of ether oxygens (including phenoxy) is 1. The second-order valence-electron chi connectivity index (χ2n) is 4.56. The molecule has 0 aliphatic heterocycles. The lowest BCUT2D eigenvalue weighted by molar-refractivity contribution is 0.112. The minimum Gasteiger partial charge on any atom is -0.381 e. The summed E-state index contributed by atoms with van der Waals surface area (Å²) < 4.78 is 5.44. The van der Waals surface area contributed by atoms with Gasteiger partial charge in [-0.25, -0.2) is 0 Å². The van der Waals surface area contributed by atoms with Crippen LogP contribution in [-0.4, -0.2) is 19.5 Å². The second kappa shape index (κ2) is 14.9. The summed E-state index contributed by atoms with van der Waals surface area (Å²) >= 11 is 0. The first-order valence-electron chi connectivity index (χ1n) is 7.43. The summed E-state index contributed by atoms with van der Waals surface area (Å²) in [4.78, 5) is 10.0. The van der Waals surface area contributed by atoms with Crippen LogP contribution in [0.2, 0.25) is 0 Å². The van der Waals surface area contributed by atoms with E-state index in [0.717, 1.165) is 25.1 Å². The standard InChI is InChI=1S/C10H22O.C7H6O/c1-3-5-7-9-11-10-8-6-4-2;8-6-7-4-2-1-3-5-7/h3-10H2,1-2H3;1-6H. The van der Waals surface area contributed by atoms with E-state index in [1.165, 1.54) is 38.5 Å². The third-order valence-electron chi connectivity index (χ3n) is 2.72. The maximum atomic E-state index is 10.0. The molecule has 0 saturated heterocycles. The highest BCUT2D eigenvalue weighted by Gasteiger charge is 1.88. The van der Waals surface area contributed by atoms with Gasteiger partial charge in [0.05, 0.1) is 0 Å². The molecule has 19 heavy (non-hydrogen) atoms. The number of hydrogen-bond donors (Lipinski definition) is 0. The summed E-state index contributed by atoms with van der Waals surface area (Å²) in [6, 6.07) is 9.10. The predicted octanol–water partition coefficient (Wildman–Crippen LogP) is 4.88. The molecular weight excluding hydrogens is 236 g/mol. The topological polar surface area (TPSA) is 26.3 Å². The molecule has 0 atom stereocenters. The molecule has 0 N–H and O–H groups in total. The Morgan fingerprint density at radius 2 is 1.42 bits per heavy atom. The lowest BCUT2D eigenvalue weighted by atomic mass is 10.2. The van der Waals surface area contributed by atoms with Crippen LogP contribution in [0.25, 0.3) is 0 Å². The zero-order valence-corrected chi connectivity index (χ0v) is 12.4. The average molecular weight is 264 g/mol. The minimum atomic E-state index is 0.729. The van der Waals surface area contributed by atoms with Crippen molar-refractivity contribution in [3.63, 3.8) is 0 Å². The molecule has 0 fully saturated rings. The largest absolute Gasteiger partial charge is 0.381 e. The first-order chi connectivity index (χ1) is 9.35. The highest BCUT2D eigenvalue weighted by Crippen LogP contribution is 1.97. The van der Waals surface area contributed by atoms with Crippen LogP contribution in [-0.2, 0) is 4.74 Å². The zero-order valence-electron chi connectivity index (χ0n) is 12.4. The maximum Gasteiger partial charge on any atom is 0.150 e. The van der Waals surface area contributed by atoms with Crippen LogP contribution < -0.4 is 0 Å². The quantitative estimate of drug-likeness (QED) is 0.469. The molecule has 0 amide bonds. The fraction of sp³-hybridized carbons (Fsp3) is 0.588. The van der Waals surface area contributed by atoms with E-state index < -0.39 is 0 Å². The fourth-order valence-electron chi connectivity index (χ4n) is 1.54. The molecule has 1 aromatic carbocycles. The van der Waals surface area contributed by atoms with Crippen LogP contribution in [0, 0.1) is 0 Å². The van der Waals surface area contributed by atoms with E-state index in [9.17, 15) is 4.79 Å². The summed E-state index contributed by atoms with van der Waals surface area (Å²) in [5.74, 6) is 0. The number of carbonyl (C=O) groups is 1. The summed E-state index contributed by atoms with van der Waals surface area (Å²) in [6.07, 6.45) is 8.52. The molecule has 2 nitrogen and oxygen atoms in total. The van der Waals surface area contributed by atoms with Crippen molar-refractivity contribution in [2.45, 2.75) is 52.4 Å². The number of benzene rings is 1. The van der Waals surface area contributed by atoms with Gasteiger partial charge in [-0.3, -0.25) is 4.79 Å². The molecule has 0 bridgehead atoms. The fourth-order valence-corrected chi connectivity index (χ4v) is 1.54. The molecule has 0 saturated carbocycles. The van der Waals surface area contributed by atoms with Crippen molar-refractivity contribution in [1.29, 1.82) is 0 Å². The zero-order chi connectivity index (χ0) is 14.2. The SMILES string of the molecule is CCCCCOCCCCC.O=Cc1ccccc1. The Bertz CT molecular complexity index is 275.